The van der Waals surface area contributed by atoms with Crippen LogP contribution in [0.4, 0.5) is 0 Å². The first-order valence-corrected chi connectivity index (χ1v) is 7.86. The molecule has 3 rings (SSSR count). The molecule has 2 heterocycles. The molecule has 1 atom stereocenters. The van der Waals surface area contributed by atoms with Crippen LogP contribution in [-0.4, -0.2) is 16.4 Å². The van der Waals surface area contributed by atoms with Crippen LogP contribution in [-0.2, 0) is 4.74 Å². The molecule has 1 aromatic heterocycles. The lowest BCUT2D eigenvalue weighted by Gasteiger charge is -2.23. The van der Waals surface area contributed by atoms with Crippen molar-refractivity contribution in [1.29, 1.82) is 0 Å². The second-order valence-electron chi connectivity index (χ2n) is 4.22. The third-order valence-electron chi connectivity index (χ3n) is 3.05. The van der Waals surface area contributed by atoms with Crippen LogP contribution in [0.15, 0.2) is 18.2 Å². The standard InChI is InChI=1S/C12H12I2N2O/c13-8-4-5-9-10(7-8)16(15-12(9)14)11-3-1-2-6-17-11/h4-5,7,11H,1-3,6H2. The molecule has 0 saturated carbocycles. The number of halogens is 2. The van der Waals surface area contributed by atoms with E-state index in [9.17, 15) is 0 Å². The number of hydrogen-bond acceptors (Lipinski definition) is 2. The van der Waals surface area contributed by atoms with E-state index in [1.165, 1.54) is 27.3 Å². The van der Waals surface area contributed by atoms with Gasteiger partial charge in [0.25, 0.3) is 0 Å². The van der Waals surface area contributed by atoms with E-state index in [1.807, 2.05) is 0 Å². The summed E-state index contributed by atoms with van der Waals surface area (Å²) >= 11 is 4.64. The highest BCUT2D eigenvalue weighted by Crippen LogP contribution is 2.29. The van der Waals surface area contributed by atoms with Gasteiger partial charge in [0.1, 0.15) is 3.70 Å². The van der Waals surface area contributed by atoms with E-state index in [1.54, 1.807) is 0 Å². The lowest BCUT2D eigenvalue weighted by Crippen LogP contribution is -2.19. The summed E-state index contributed by atoms with van der Waals surface area (Å²) < 4.78 is 10.2. The highest BCUT2D eigenvalue weighted by Gasteiger charge is 2.20. The molecule has 3 nitrogen and oxygen atoms in total. The van der Waals surface area contributed by atoms with Crippen LogP contribution in [0.5, 0.6) is 0 Å². The largest absolute Gasteiger partial charge is 0.356 e. The van der Waals surface area contributed by atoms with Gasteiger partial charge in [-0.3, -0.25) is 0 Å². The van der Waals surface area contributed by atoms with Crippen molar-refractivity contribution in [2.75, 3.05) is 6.61 Å². The Bertz CT molecular complexity index is 547. The third kappa shape index (κ3) is 2.33. The van der Waals surface area contributed by atoms with Gasteiger partial charge >= 0.3 is 0 Å². The molecular formula is C12H12I2N2O. The van der Waals surface area contributed by atoms with Crippen molar-refractivity contribution in [3.8, 4) is 0 Å². The Morgan fingerprint density at radius 2 is 2.18 bits per heavy atom. The summed E-state index contributed by atoms with van der Waals surface area (Å²) in [5, 5.41) is 5.85. The van der Waals surface area contributed by atoms with Gasteiger partial charge in [-0.25, -0.2) is 4.68 Å². The summed E-state index contributed by atoms with van der Waals surface area (Å²) in [6, 6.07) is 6.45. The Labute approximate surface area is 127 Å². The van der Waals surface area contributed by atoms with Gasteiger partial charge < -0.3 is 4.74 Å². The van der Waals surface area contributed by atoms with E-state index >= 15 is 0 Å². The van der Waals surface area contributed by atoms with Crippen molar-refractivity contribution in [1.82, 2.24) is 9.78 Å². The average molecular weight is 454 g/mol. The van der Waals surface area contributed by atoms with Crippen LogP contribution in [0, 0.1) is 7.27 Å². The quantitative estimate of drug-likeness (QED) is 0.611. The first kappa shape index (κ1) is 12.2. The average Bonchev–Trinajstić information content (AvgIpc) is 2.67. The normalized spacial score (nSPS) is 20.9. The maximum Gasteiger partial charge on any atom is 0.150 e. The number of fused-ring (bicyclic) bond motifs is 1. The molecule has 1 unspecified atom stereocenters. The van der Waals surface area contributed by atoms with E-state index in [0.29, 0.717) is 0 Å². The van der Waals surface area contributed by atoms with Gasteiger partial charge in [0.15, 0.2) is 6.23 Å². The Balaban J connectivity index is 2.11. The van der Waals surface area contributed by atoms with Crippen LogP contribution >= 0.6 is 45.2 Å². The lowest BCUT2D eigenvalue weighted by molar-refractivity contribution is -0.0368. The number of aromatic nitrogens is 2. The molecule has 1 aliphatic rings. The second kappa shape index (κ2) is 5.00. The molecule has 1 fully saturated rings. The molecule has 5 heteroatoms. The third-order valence-corrected chi connectivity index (χ3v) is 4.52. The fourth-order valence-electron chi connectivity index (χ4n) is 2.21. The minimum atomic E-state index is 0.118. The topological polar surface area (TPSA) is 27.1 Å². The van der Waals surface area contributed by atoms with Crippen molar-refractivity contribution in [3.63, 3.8) is 0 Å². The van der Waals surface area contributed by atoms with Crippen molar-refractivity contribution in [2.45, 2.75) is 25.5 Å². The highest BCUT2D eigenvalue weighted by molar-refractivity contribution is 14.1. The van der Waals surface area contributed by atoms with Gasteiger partial charge in [0.05, 0.1) is 5.52 Å². The summed E-state index contributed by atoms with van der Waals surface area (Å²) in [5.74, 6) is 0. The van der Waals surface area contributed by atoms with Gasteiger partial charge in [-0.2, -0.15) is 5.10 Å². The predicted molar refractivity (Wildman–Crippen MR) is 84.0 cm³/mol. The Morgan fingerprint density at radius 1 is 1.29 bits per heavy atom. The van der Waals surface area contributed by atoms with Crippen molar-refractivity contribution in [3.05, 3.63) is 25.5 Å². The fourth-order valence-corrected chi connectivity index (χ4v) is 3.37. The molecule has 0 N–H and O–H groups in total. The Hall–Kier alpha value is 0.110. The number of rotatable bonds is 1. The number of hydrogen-bond donors (Lipinski definition) is 0. The molecular weight excluding hydrogens is 442 g/mol. The molecule has 90 valence electrons. The minimum absolute atomic E-state index is 0.118. The predicted octanol–water partition coefficient (Wildman–Crippen LogP) is 3.94. The molecule has 17 heavy (non-hydrogen) atoms. The maximum absolute atomic E-state index is 5.82. The first-order valence-electron chi connectivity index (χ1n) is 5.70. The molecule has 0 amide bonds. The summed E-state index contributed by atoms with van der Waals surface area (Å²) in [7, 11) is 0. The van der Waals surface area contributed by atoms with Crippen molar-refractivity contribution < 1.29 is 4.74 Å². The van der Waals surface area contributed by atoms with E-state index in [-0.39, 0.29) is 6.23 Å². The first-order chi connectivity index (χ1) is 8.25. The highest BCUT2D eigenvalue weighted by atomic mass is 127. The van der Waals surface area contributed by atoms with Crippen molar-refractivity contribution >= 4 is 56.1 Å². The van der Waals surface area contributed by atoms with E-state index in [0.717, 1.165) is 16.7 Å². The van der Waals surface area contributed by atoms with E-state index in [4.69, 9.17) is 4.74 Å². The summed E-state index contributed by atoms with van der Waals surface area (Å²) in [6.45, 7) is 0.854. The van der Waals surface area contributed by atoms with Gasteiger partial charge in [-0.05, 0) is 82.6 Å². The molecule has 1 aromatic carbocycles. The molecule has 0 radical (unpaired) electrons. The van der Waals surface area contributed by atoms with Crippen LogP contribution in [0.2, 0.25) is 0 Å². The molecule has 2 aromatic rings. The second-order valence-corrected chi connectivity index (χ2v) is 6.49. The minimum Gasteiger partial charge on any atom is -0.356 e. The van der Waals surface area contributed by atoms with Gasteiger partial charge in [-0.15, -0.1) is 0 Å². The van der Waals surface area contributed by atoms with Gasteiger partial charge in [0.2, 0.25) is 0 Å². The zero-order valence-corrected chi connectivity index (χ0v) is 13.5. The van der Waals surface area contributed by atoms with Gasteiger partial charge in [-0.1, -0.05) is 0 Å². The van der Waals surface area contributed by atoms with Crippen LogP contribution < -0.4 is 0 Å². The molecule has 0 aliphatic carbocycles. The van der Waals surface area contributed by atoms with E-state index < -0.39 is 0 Å². The maximum atomic E-state index is 5.82. The Morgan fingerprint density at radius 3 is 2.94 bits per heavy atom. The fraction of sp³-hybridized carbons (Fsp3) is 0.417. The van der Waals surface area contributed by atoms with Gasteiger partial charge in [0, 0.05) is 15.6 Å². The molecule has 1 aliphatic heterocycles. The monoisotopic (exact) mass is 454 g/mol. The lowest BCUT2D eigenvalue weighted by atomic mass is 10.2. The van der Waals surface area contributed by atoms with E-state index in [2.05, 4.69) is 73.2 Å². The summed E-state index contributed by atoms with van der Waals surface area (Å²) in [6.07, 6.45) is 3.59. The zero-order valence-electron chi connectivity index (χ0n) is 9.20. The number of benzene rings is 1. The SMILES string of the molecule is Ic1ccc2c(I)nn(C3CCCCO3)c2c1. The van der Waals surface area contributed by atoms with Crippen LogP contribution in [0.3, 0.4) is 0 Å². The molecule has 0 spiro atoms. The molecule has 0 bridgehead atoms. The smallest absolute Gasteiger partial charge is 0.150 e. The van der Waals surface area contributed by atoms with Crippen LogP contribution in [0.1, 0.15) is 25.5 Å². The van der Waals surface area contributed by atoms with Crippen LogP contribution in [0.25, 0.3) is 10.9 Å². The number of ether oxygens (including phenoxy) is 1. The van der Waals surface area contributed by atoms with Crippen molar-refractivity contribution in [2.24, 2.45) is 0 Å². The number of nitrogens with zero attached hydrogens (tertiary/aromatic N) is 2. The molecule has 1 saturated heterocycles. The summed E-state index contributed by atoms with van der Waals surface area (Å²) in [5.41, 5.74) is 1.19. The zero-order chi connectivity index (χ0) is 11.8. The Kier molecular flexibility index (Phi) is 3.58. The summed E-state index contributed by atoms with van der Waals surface area (Å²) in [4.78, 5) is 0.